The minimum absolute atomic E-state index is 0.145. The molecule has 2 aromatic heterocycles. The maximum atomic E-state index is 6.86. The first kappa shape index (κ1) is 36.9. The molecule has 1 aliphatic carbocycles. The summed E-state index contributed by atoms with van der Waals surface area (Å²) < 4.78 is 9.49. The molecule has 0 unspecified atom stereocenters. The van der Waals surface area contributed by atoms with E-state index in [0.717, 1.165) is 44.6 Å². The van der Waals surface area contributed by atoms with Crippen LogP contribution in [0.15, 0.2) is 217 Å². The van der Waals surface area contributed by atoms with Gasteiger partial charge >= 0.3 is 0 Å². The molecular formula is C61H41NOS. The third kappa shape index (κ3) is 5.71. The van der Waals surface area contributed by atoms with Crippen molar-refractivity contribution >= 4 is 81.3 Å². The van der Waals surface area contributed by atoms with E-state index < -0.39 is 0 Å². The molecular weight excluding hydrogens is 795 g/mol. The second-order valence-electron chi connectivity index (χ2n) is 17.7. The maximum absolute atomic E-state index is 6.86. The Hall–Kier alpha value is -7.72. The van der Waals surface area contributed by atoms with Crippen molar-refractivity contribution in [2.75, 3.05) is 4.90 Å². The highest BCUT2D eigenvalue weighted by molar-refractivity contribution is 7.26. The summed E-state index contributed by atoms with van der Waals surface area (Å²) >= 11 is 1.87. The SMILES string of the molecule is CC1(C)c2ccccc2-c2ccc(-c3cc4c(cc3N(c3ccc(-c5ccccc5)cc3)c3ccc(-c5cccc6c5sc5ccccc56)cc3)oc3cc5ccccc5cc34)cc21. The fourth-order valence-corrected chi connectivity index (χ4v) is 11.6. The van der Waals surface area contributed by atoms with Crippen LogP contribution in [0.25, 0.3) is 97.4 Å². The van der Waals surface area contributed by atoms with Crippen LogP contribution in [-0.2, 0) is 5.41 Å². The van der Waals surface area contributed by atoms with Gasteiger partial charge in [-0.3, -0.25) is 0 Å². The fraction of sp³-hybridized carbons (Fsp3) is 0.0492. The second-order valence-corrected chi connectivity index (χ2v) is 18.7. The van der Waals surface area contributed by atoms with Crippen molar-refractivity contribution in [1.82, 2.24) is 0 Å². The Kier molecular flexibility index (Phi) is 8.16. The van der Waals surface area contributed by atoms with Crippen molar-refractivity contribution in [3.8, 4) is 44.5 Å². The number of fused-ring (bicyclic) bond motifs is 10. The average molecular weight is 836 g/mol. The molecule has 64 heavy (non-hydrogen) atoms. The van der Waals surface area contributed by atoms with E-state index >= 15 is 0 Å². The molecule has 0 N–H and O–H groups in total. The predicted octanol–water partition coefficient (Wildman–Crippen LogP) is 17.9. The van der Waals surface area contributed by atoms with Crippen LogP contribution in [0.5, 0.6) is 0 Å². The lowest BCUT2D eigenvalue weighted by atomic mass is 9.81. The van der Waals surface area contributed by atoms with Crippen LogP contribution in [0.2, 0.25) is 0 Å². The van der Waals surface area contributed by atoms with Crippen LogP contribution in [-0.4, -0.2) is 0 Å². The third-order valence-electron chi connectivity index (χ3n) is 13.7. The Labute approximate surface area is 375 Å². The third-order valence-corrected chi connectivity index (χ3v) is 14.9. The van der Waals surface area contributed by atoms with Gasteiger partial charge in [0.2, 0.25) is 0 Å². The van der Waals surface area contributed by atoms with E-state index in [1.165, 1.54) is 81.0 Å². The van der Waals surface area contributed by atoms with Gasteiger partial charge in [-0.1, -0.05) is 166 Å². The number of nitrogens with zero attached hydrogens (tertiary/aromatic N) is 1. The molecule has 0 fully saturated rings. The molecule has 0 aliphatic heterocycles. The van der Waals surface area contributed by atoms with Crippen molar-refractivity contribution in [1.29, 1.82) is 0 Å². The lowest BCUT2D eigenvalue weighted by Gasteiger charge is -2.29. The number of hydrogen-bond acceptors (Lipinski definition) is 3. The number of benzene rings is 10. The summed E-state index contributed by atoms with van der Waals surface area (Å²) in [6.45, 7) is 4.73. The van der Waals surface area contributed by atoms with Crippen LogP contribution >= 0.6 is 11.3 Å². The van der Waals surface area contributed by atoms with Crippen molar-refractivity contribution in [3.63, 3.8) is 0 Å². The van der Waals surface area contributed by atoms with Gasteiger partial charge in [-0.2, -0.15) is 0 Å². The molecule has 0 bridgehead atoms. The van der Waals surface area contributed by atoms with E-state index in [-0.39, 0.29) is 5.41 Å². The van der Waals surface area contributed by atoms with E-state index in [9.17, 15) is 0 Å². The summed E-state index contributed by atoms with van der Waals surface area (Å²) in [4.78, 5) is 2.42. The zero-order valence-corrected chi connectivity index (χ0v) is 36.3. The molecule has 2 nitrogen and oxygen atoms in total. The lowest BCUT2D eigenvalue weighted by Crippen LogP contribution is -2.15. The first-order valence-corrected chi connectivity index (χ1v) is 22.9. The van der Waals surface area contributed by atoms with E-state index in [2.05, 4.69) is 231 Å². The predicted molar refractivity (Wildman–Crippen MR) is 273 cm³/mol. The van der Waals surface area contributed by atoms with Gasteiger partial charge < -0.3 is 9.32 Å². The molecule has 0 spiro atoms. The molecule has 0 radical (unpaired) electrons. The van der Waals surface area contributed by atoms with Gasteiger partial charge in [-0.25, -0.2) is 0 Å². The molecule has 0 amide bonds. The van der Waals surface area contributed by atoms with Gasteiger partial charge in [0.05, 0.1) is 5.69 Å². The largest absolute Gasteiger partial charge is 0.456 e. The zero-order valence-electron chi connectivity index (χ0n) is 35.5. The first-order chi connectivity index (χ1) is 31.5. The Morgan fingerprint density at radius 3 is 1.80 bits per heavy atom. The Balaban J connectivity index is 1.04. The number of anilines is 3. The number of thiophene rings is 1. The van der Waals surface area contributed by atoms with E-state index in [4.69, 9.17) is 4.42 Å². The molecule has 13 rings (SSSR count). The summed E-state index contributed by atoms with van der Waals surface area (Å²) in [6, 6.07) is 77.9. The van der Waals surface area contributed by atoms with E-state index in [1.54, 1.807) is 0 Å². The Morgan fingerprint density at radius 1 is 0.391 bits per heavy atom. The Bertz CT molecular complexity index is 3800. The van der Waals surface area contributed by atoms with Gasteiger partial charge in [0, 0.05) is 59.4 Å². The minimum Gasteiger partial charge on any atom is -0.456 e. The van der Waals surface area contributed by atoms with Crippen LogP contribution in [0, 0.1) is 0 Å². The molecule has 302 valence electrons. The minimum atomic E-state index is -0.145. The van der Waals surface area contributed by atoms with E-state index in [1.807, 2.05) is 11.3 Å². The van der Waals surface area contributed by atoms with Gasteiger partial charge in [-0.15, -0.1) is 11.3 Å². The quantitative estimate of drug-likeness (QED) is 0.166. The summed E-state index contributed by atoms with van der Waals surface area (Å²) in [5.74, 6) is 0. The van der Waals surface area contributed by atoms with Crippen LogP contribution < -0.4 is 4.90 Å². The second kappa shape index (κ2) is 14.2. The summed E-state index contributed by atoms with van der Waals surface area (Å²) in [6.07, 6.45) is 0. The normalized spacial score (nSPS) is 13.0. The lowest BCUT2D eigenvalue weighted by molar-refractivity contribution is 0.660. The van der Waals surface area contributed by atoms with Crippen LogP contribution in [0.3, 0.4) is 0 Å². The highest BCUT2D eigenvalue weighted by Crippen LogP contribution is 2.52. The number of hydrogen-bond donors (Lipinski definition) is 0. The van der Waals surface area contributed by atoms with Gasteiger partial charge in [-0.05, 0) is 115 Å². The molecule has 1 aliphatic rings. The number of furan rings is 1. The van der Waals surface area contributed by atoms with Gasteiger partial charge in [0.1, 0.15) is 11.2 Å². The fourth-order valence-electron chi connectivity index (χ4n) is 10.4. The molecule has 2 heterocycles. The smallest absolute Gasteiger partial charge is 0.137 e. The summed E-state index contributed by atoms with van der Waals surface area (Å²) in [5.41, 5.74) is 17.3. The van der Waals surface area contributed by atoms with Crippen molar-refractivity contribution in [3.05, 3.63) is 223 Å². The standard InChI is InChI=1S/C61H41NOS/c1-61(2)54-21-10-8-17-47(54)48-32-27-43(34-55(48)61)51-36-53-52-33-41-15-6-7-16-42(41)35-57(52)63-58(53)37-56(51)62(44-28-23-39(24-29-44)38-13-4-3-5-14-38)45-30-25-40(26-31-45)46-19-12-20-50-49-18-9-11-22-59(49)64-60(46)50/h3-37H,1-2H3. The maximum Gasteiger partial charge on any atom is 0.137 e. The van der Waals surface area contributed by atoms with Gasteiger partial charge in [0.25, 0.3) is 0 Å². The molecule has 0 saturated carbocycles. The van der Waals surface area contributed by atoms with Crippen molar-refractivity contribution in [2.45, 2.75) is 19.3 Å². The molecule has 12 aromatic rings. The summed E-state index contributed by atoms with van der Waals surface area (Å²) in [7, 11) is 0. The number of rotatable bonds is 6. The molecule has 3 heteroatoms. The average Bonchev–Trinajstić information content (AvgIpc) is 3.98. The highest BCUT2D eigenvalue weighted by Gasteiger charge is 2.35. The topological polar surface area (TPSA) is 16.4 Å². The highest BCUT2D eigenvalue weighted by atomic mass is 32.1. The molecule has 10 aromatic carbocycles. The van der Waals surface area contributed by atoms with Crippen molar-refractivity contribution in [2.24, 2.45) is 0 Å². The van der Waals surface area contributed by atoms with Crippen LogP contribution in [0.4, 0.5) is 17.1 Å². The first-order valence-electron chi connectivity index (χ1n) is 22.1. The Morgan fingerprint density at radius 2 is 0.984 bits per heavy atom. The molecule has 0 atom stereocenters. The van der Waals surface area contributed by atoms with Gasteiger partial charge in [0.15, 0.2) is 0 Å². The monoisotopic (exact) mass is 835 g/mol. The van der Waals surface area contributed by atoms with Crippen molar-refractivity contribution < 1.29 is 4.42 Å². The van der Waals surface area contributed by atoms with E-state index in [0.29, 0.717) is 0 Å². The molecule has 0 saturated heterocycles. The zero-order chi connectivity index (χ0) is 42.5. The summed E-state index contributed by atoms with van der Waals surface area (Å²) in [5, 5.41) is 7.21. The van der Waals surface area contributed by atoms with Crippen LogP contribution in [0.1, 0.15) is 25.0 Å².